The molecular weight excluding hydrogens is 511 g/mol. The van der Waals surface area contributed by atoms with Gasteiger partial charge in [0.25, 0.3) is 0 Å². The van der Waals surface area contributed by atoms with Gasteiger partial charge in [0, 0.05) is 0 Å². The first kappa shape index (κ1) is 27.8. The van der Waals surface area contributed by atoms with Gasteiger partial charge in [0.2, 0.25) is 0 Å². The van der Waals surface area contributed by atoms with E-state index in [1.54, 1.807) is 0 Å². The van der Waals surface area contributed by atoms with Crippen molar-refractivity contribution in [2.45, 2.75) is 179 Å². The van der Waals surface area contributed by atoms with E-state index in [2.05, 4.69) is 6.92 Å². The minimum atomic E-state index is -3.11. The first-order valence-electron chi connectivity index (χ1n) is 15.5. The number of hydrogen-bond acceptors (Lipinski definition) is 2. The second-order valence-electron chi connectivity index (χ2n) is 11.9. The van der Waals surface area contributed by atoms with Crippen LogP contribution >= 0.6 is 0 Å². The van der Waals surface area contributed by atoms with Gasteiger partial charge in [-0.15, -0.1) is 0 Å². The van der Waals surface area contributed by atoms with Crippen LogP contribution in [-0.4, -0.2) is 24.8 Å². The van der Waals surface area contributed by atoms with Gasteiger partial charge in [0.05, 0.1) is 0 Å². The second kappa shape index (κ2) is 16.1. The molecule has 0 heterocycles. The Bertz CT molecular complexity index is 470. The summed E-state index contributed by atoms with van der Waals surface area (Å²) in [4.78, 5) is 13.4. The molecule has 0 spiro atoms. The number of hydrogen-bond donors (Lipinski definition) is 0. The van der Waals surface area contributed by atoms with Gasteiger partial charge >= 0.3 is 205 Å². The maximum absolute atomic E-state index is 13.4. The minimum absolute atomic E-state index is 0.246. The Morgan fingerprint density at radius 3 is 1.33 bits per heavy atom. The molecule has 2 nitrogen and oxygen atoms in total. The van der Waals surface area contributed by atoms with Crippen molar-refractivity contribution in [3.8, 4) is 0 Å². The average molecular weight is 567 g/mol. The summed E-state index contributed by atoms with van der Waals surface area (Å²) in [7, 11) is 0. The molecule has 0 aromatic rings. The van der Waals surface area contributed by atoms with Crippen LogP contribution in [0.5, 0.6) is 0 Å². The standard InChI is InChI=1S/C12H24O2.3C6H11.Sn/c1-2-3-4-5-6-7-8-9-10-11-12(13)14;3*1-2-4-6-5-3-1;/h2-11H2,1H3,(H,13,14);3*1H,2-6H2;/q;;;;+1/p-1. The van der Waals surface area contributed by atoms with Crippen LogP contribution in [-0.2, 0) is 7.87 Å². The third-order valence-electron chi connectivity index (χ3n) is 9.50. The summed E-state index contributed by atoms with van der Waals surface area (Å²) in [5.74, 6) is 0.246. The monoisotopic (exact) mass is 568 g/mol. The quantitative estimate of drug-likeness (QED) is 0.154. The van der Waals surface area contributed by atoms with E-state index >= 15 is 0 Å². The van der Waals surface area contributed by atoms with Gasteiger partial charge in [-0.3, -0.25) is 0 Å². The molecule has 0 unspecified atom stereocenters. The first-order valence-corrected chi connectivity index (χ1v) is 21.6. The molecule has 192 valence electrons. The number of carbonyl (C=O) groups excluding carboxylic acids is 1. The van der Waals surface area contributed by atoms with E-state index in [1.807, 2.05) is 0 Å². The molecule has 0 amide bonds. The molecule has 0 aromatic carbocycles. The van der Waals surface area contributed by atoms with Crippen molar-refractivity contribution in [2.75, 3.05) is 0 Å². The van der Waals surface area contributed by atoms with Crippen LogP contribution in [0.1, 0.15) is 167 Å². The molecule has 0 aliphatic heterocycles. The molecule has 33 heavy (non-hydrogen) atoms. The average Bonchev–Trinajstić information content (AvgIpc) is 2.88. The third kappa shape index (κ3) is 8.71. The van der Waals surface area contributed by atoms with Crippen LogP contribution in [0.15, 0.2) is 0 Å². The van der Waals surface area contributed by atoms with Crippen LogP contribution in [0.3, 0.4) is 0 Å². The summed E-state index contributed by atoms with van der Waals surface area (Å²) >= 11 is -3.11. The van der Waals surface area contributed by atoms with Crippen LogP contribution < -0.4 is 0 Å². The summed E-state index contributed by atoms with van der Waals surface area (Å²) in [6.45, 7) is 2.29. The van der Waals surface area contributed by atoms with E-state index in [0.717, 1.165) is 18.2 Å². The number of carbonyl (C=O) groups is 1. The van der Waals surface area contributed by atoms with E-state index in [-0.39, 0.29) is 5.97 Å². The van der Waals surface area contributed by atoms with Crippen LogP contribution in [0.25, 0.3) is 0 Å². The fourth-order valence-corrected chi connectivity index (χ4v) is 27.5. The Labute approximate surface area is 211 Å². The molecule has 0 bridgehead atoms. The Balaban J connectivity index is 1.57. The van der Waals surface area contributed by atoms with Crippen molar-refractivity contribution in [1.82, 2.24) is 0 Å². The van der Waals surface area contributed by atoms with Gasteiger partial charge in [-0.25, -0.2) is 0 Å². The van der Waals surface area contributed by atoms with Crippen molar-refractivity contribution in [1.29, 1.82) is 0 Å². The van der Waals surface area contributed by atoms with Crippen LogP contribution in [0.2, 0.25) is 11.8 Å². The molecule has 3 aliphatic carbocycles. The summed E-state index contributed by atoms with van der Waals surface area (Å²) in [6.07, 6.45) is 33.6. The van der Waals surface area contributed by atoms with Gasteiger partial charge in [-0.1, -0.05) is 6.92 Å². The Hall–Kier alpha value is 0.269. The van der Waals surface area contributed by atoms with E-state index in [0.29, 0.717) is 6.42 Å². The molecule has 3 aliphatic rings. The topological polar surface area (TPSA) is 26.3 Å². The van der Waals surface area contributed by atoms with Crippen LogP contribution in [0.4, 0.5) is 0 Å². The predicted octanol–water partition coefficient (Wildman–Crippen LogP) is 10.4. The summed E-state index contributed by atoms with van der Waals surface area (Å²) in [5.41, 5.74) is 0. The van der Waals surface area contributed by atoms with E-state index in [1.165, 1.54) is 148 Å². The van der Waals surface area contributed by atoms with E-state index in [4.69, 9.17) is 3.07 Å². The zero-order valence-corrected chi connectivity index (χ0v) is 25.1. The summed E-state index contributed by atoms with van der Waals surface area (Å²) in [6, 6.07) is 0. The van der Waals surface area contributed by atoms with Gasteiger partial charge in [-0.2, -0.15) is 0 Å². The molecule has 0 saturated heterocycles. The summed E-state index contributed by atoms with van der Waals surface area (Å²) in [5, 5.41) is 0. The van der Waals surface area contributed by atoms with Crippen molar-refractivity contribution in [3.05, 3.63) is 0 Å². The van der Waals surface area contributed by atoms with Gasteiger partial charge in [0.15, 0.2) is 0 Å². The van der Waals surface area contributed by atoms with Crippen molar-refractivity contribution in [2.24, 2.45) is 0 Å². The zero-order chi connectivity index (χ0) is 23.2. The summed E-state index contributed by atoms with van der Waals surface area (Å²) < 4.78 is 9.62. The van der Waals surface area contributed by atoms with Crippen LogP contribution in [0, 0.1) is 0 Å². The second-order valence-corrected chi connectivity index (χ2v) is 24.4. The zero-order valence-electron chi connectivity index (χ0n) is 22.2. The maximum atomic E-state index is 13.4. The van der Waals surface area contributed by atoms with Crippen molar-refractivity contribution < 1.29 is 7.87 Å². The van der Waals surface area contributed by atoms with E-state index < -0.39 is 18.8 Å². The Morgan fingerprint density at radius 1 is 0.576 bits per heavy atom. The Kier molecular flexibility index (Phi) is 13.6. The number of rotatable bonds is 14. The molecule has 3 rings (SSSR count). The molecule has 0 N–H and O–H groups in total. The molecule has 3 saturated carbocycles. The number of unbranched alkanes of at least 4 members (excludes halogenated alkanes) is 8. The van der Waals surface area contributed by atoms with Gasteiger partial charge < -0.3 is 0 Å². The molecule has 3 heteroatoms. The van der Waals surface area contributed by atoms with Crippen molar-refractivity contribution in [3.63, 3.8) is 0 Å². The normalized spacial score (nSPS) is 21.8. The Morgan fingerprint density at radius 2 is 0.939 bits per heavy atom. The molecule has 0 aromatic heterocycles. The molecule has 3 fully saturated rings. The predicted molar refractivity (Wildman–Crippen MR) is 144 cm³/mol. The molecule has 0 radical (unpaired) electrons. The molecular formula is C30H56O2Sn. The van der Waals surface area contributed by atoms with E-state index in [9.17, 15) is 4.79 Å². The fraction of sp³-hybridized carbons (Fsp3) is 0.967. The third-order valence-corrected chi connectivity index (χ3v) is 27.0. The SMILES string of the molecule is CCCCCCCCCCCC(=O)[O][Sn]([CH]1CCCCC1)([CH]1CCCCC1)[CH]1CCCCC1. The first-order chi connectivity index (χ1) is 16.3. The fourth-order valence-electron chi connectivity index (χ4n) is 7.74. The van der Waals surface area contributed by atoms with Gasteiger partial charge in [0.1, 0.15) is 0 Å². The molecule has 0 atom stereocenters. The van der Waals surface area contributed by atoms with Crippen molar-refractivity contribution >= 4 is 24.8 Å². The van der Waals surface area contributed by atoms with Gasteiger partial charge in [-0.05, 0) is 0 Å².